The summed E-state index contributed by atoms with van der Waals surface area (Å²) in [7, 11) is -3.68. The van der Waals surface area contributed by atoms with Crippen molar-refractivity contribution in [3.05, 3.63) is 59.4 Å². The number of benzene rings is 2. The molecular formula is C17H15F3N2O3S. The molecule has 1 fully saturated rings. The second kappa shape index (κ2) is 7.08. The number of nitrogens with one attached hydrogen (secondary N) is 1. The highest BCUT2D eigenvalue weighted by atomic mass is 32.2. The van der Waals surface area contributed by atoms with E-state index in [0.29, 0.717) is 19.2 Å². The van der Waals surface area contributed by atoms with Gasteiger partial charge >= 0.3 is 0 Å². The minimum absolute atomic E-state index is 0.0111. The Labute approximate surface area is 148 Å². The van der Waals surface area contributed by atoms with Crippen LogP contribution in [0.3, 0.4) is 0 Å². The predicted molar refractivity (Wildman–Crippen MR) is 88.7 cm³/mol. The van der Waals surface area contributed by atoms with E-state index in [-0.39, 0.29) is 10.6 Å². The molecular weight excluding hydrogens is 369 g/mol. The van der Waals surface area contributed by atoms with Crippen LogP contribution in [-0.2, 0) is 10.0 Å². The molecule has 0 radical (unpaired) electrons. The van der Waals surface area contributed by atoms with Crippen LogP contribution in [-0.4, -0.2) is 31.7 Å². The van der Waals surface area contributed by atoms with Gasteiger partial charge in [0.2, 0.25) is 10.0 Å². The largest absolute Gasteiger partial charge is 0.322 e. The predicted octanol–water partition coefficient (Wildman–Crippen LogP) is 3.14. The van der Waals surface area contributed by atoms with Gasteiger partial charge < -0.3 is 5.32 Å². The topological polar surface area (TPSA) is 66.5 Å². The van der Waals surface area contributed by atoms with Gasteiger partial charge in [-0.25, -0.2) is 21.6 Å². The summed E-state index contributed by atoms with van der Waals surface area (Å²) < 4.78 is 66.4. The molecule has 5 nitrogen and oxygen atoms in total. The molecule has 1 heterocycles. The standard InChI is InChI=1S/C17H15F3N2O3S/c18-14-7-6-13(15(19)16(14)20)17(23)21-11-4-3-5-12(10-11)26(24,25)22-8-1-2-9-22/h3-7,10H,1-2,8-9H2,(H,21,23). The van der Waals surface area contributed by atoms with Gasteiger partial charge in [-0.2, -0.15) is 4.31 Å². The number of rotatable bonds is 4. The number of hydrogen-bond donors (Lipinski definition) is 1. The van der Waals surface area contributed by atoms with Crippen LogP contribution in [0.25, 0.3) is 0 Å². The van der Waals surface area contributed by atoms with Crippen molar-refractivity contribution in [1.82, 2.24) is 4.31 Å². The Morgan fingerprint density at radius 3 is 2.38 bits per heavy atom. The van der Waals surface area contributed by atoms with Gasteiger partial charge in [-0.3, -0.25) is 4.79 Å². The Kier molecular flexibility index (Phi) is 5.01. The quantitative estimate of drug-likeness (QED) is 0.824. The van der Waals surface area contributed by atoms with Gasteiger partial charge in [0.25, 0.3) is 5.91 Å². The van der Waals surface area contributed by atoms with E-state index in [0.717, 1.165) is 18.9 Å². The lowest BCUT2D eigenvalue weighted by molar-refractivity contribution is 0.102. The minimum atomic E-state index is -3.68. The minimum Gasteiger partial charge on any atom is -0.322 e. The van der Waals surface area contributed by atoms with Crippen LogP contribution in [0, 0.1) is 17.5 Å². The number of halogens is 3. The highest BCUT2D eigenvalue weighted by Gasteiger charge is 2.27. The zero-order chi connectivity index (χ0) is 18.9. The molecule has 0 aromatic heterocycles. The van der Waals surface area contributed by atoms with E-state index in [1.165, 1.54) is 28.6 Å². The van der Waals surface area contributed by atoms with Crippen LogP contribution >= 0.6 is 0 Å². The summed E-state index contributed by atoms with van der Waals surface area (Å²) in [6.07, 6.45) is 1.57. The van der Waals surface area contributed by atoms with Crippen LogP contribution in [0.5, 0.6) is 0 Å². The third-order valence-electron chi connectivity index (χ3n) is 4.07. The van der Waals surface area contributed by atoms with Crippen molar-refractivity contribution < 1.29 is 26.4 Å². The van der Waals surface area contributed by atoms with Crippen LogP contribution in [0.15, 0.2) is 41.3 Å². The molecule has 2 aromatic rings. The van der Waals surface area contributed by atoms with E-state index >= 15 is 0 Å². The number of hydrogen-bond acceptors (Lipinski definition) is 3. The third-order valence-corrected chi connectivity index (χ3v) is 5.97. The first kappa shape index (κ1) is 18.4. The molecule has 1 saturated heterocycles. The van der Waals surface area contributed by atoms with Gasteiger partial charge in [-0.1, -0.05) is 6.07 Å². The summed E-state index contributed by atoms with van der Waals surface area (Å²) in [6.45, 7) is 0.859. The first-order chi connectivity index (χ1) is 12.3. The van der Waals surface area contributed by atoms with Gasteiger partial charge in [-0.05, 0) is 43.2 Å². The van der Waals surface area contributed by atoms with Gasteiger partial charge in [0.1, 0.15) is 0 Å². The molecule has 1 aliphatic heterocycles. The number of anilines is 1. The maximum atomic E-state index is 13.7. The Hall–Kier alpha value is -2.39. The summed E-state index contributed by atoms with van der Waals surface area (Å²) in [5, 5.41) is 2.30. The monoisotopic (exact) mass is 384 g/mol. The molecule has 0 unspecified atom stereocenters. The average Bonchev–Trinajstić information content (AvgIpc) is 3.15. The van der Waals surface area contributed by atoms with E-state index in [2.05, 4.69) is 5.32 Å². The Balaban J connectivity index is 1.85. The molecule has 1 amide bonds. The van der Waals surface area contributed by atoms with Crippen molar-refractivity contribution in [1.29, 1.82) is 0 Å². The van der Waals surface area contributed by atoms with Gasteiger partial charge in [0.15, 0.2) is 17.5 Å². The second-order valence-electron chi connectivity index (χ2n) is 5.82. The lowest BCUT2D eigenvalue weighted by Crippen LogP contribution is -2.28. The fourth-order valence-corrected chi connectivity index (χ4v) is 4.28. The van der Waals surface area contributed by atoms with Crippen molar-refractivity contribution in [2.75, 3.05) is 18.4 Å². The molecule has 9 heteroatoms. The molecule has 0 spiro atoms. The zero-order valence-corrected chi connectivity index (χ0v) is 14.3. The zero-order valence-electron chi connectivity index (χ0n) is 13.5. The second-order valence-corrected chi connectivity index (χ2v) is 7.75. The molecule has 1 N–H and O–H groups in total. The van der Waals surface area contributed by atoms with Crippen molar-refractivity contribution >= 4 is 21.6 Å². The van der Waals surface area contributed by atoms with Crippen LogP contribution in [0.4, 0.5) is 18.9 Å². The summed E-state index contributed by atoms with van der Waals surface area (Å²) in [6, 6.07) is 6.93. The van der Waals surface area contributed by atoms with E-state index in [1.54, 1.807) is 0 Å². The lowest BCUT2D eigenvalue weighted by Gasteiger charge is -2.16. The third kappa shape index (κ3) is 3.45. The number of nitrogens with zero attached hydrogens (tertiary/aromatic N) is 1. The molecule has 2 aromatic carbocycles. The van der Waals surface area contributed by atoms with E-state index in [1.807, 2.05) is 0 Å². The summed E-state index contributed by atoms with van der Waals surface area (Å²) in [5.41, 5.74) is -0.587. The lowest BCUT2D eigenvalue weighted by atomic mass is 10.1. The fourth-order valence-electron chi connectivity index (χ4n) is 2.71. The SMILES string of the molecule is O=C(Nc1cccc(S(=O)(=O)N2CCCC2)c1)c1ccc(F)c(F)c1F. The average molecular weight is 384 g/mol. The Bertz CT molecular complexity index is 958. The van der Waals surface area contributed by atoms with Crippen molar-refractivity contribution in [2.24, 2.45) is 0 Å². The van der Waals surface area contributed by atoms with Gasteiger partial charge in [-0.15, -0.1) is 0 Å². The molecule has 0 atom stereocenters. The highest BCUT2D eigenvalue weighted by Crippen LogP contribution is 2.24. The number of amides is 1. The van der Waals surface area contributed by atoms with Gasteiger partial charge in [0, 0.05) is 18.8 Å². The van der Waals surface area contributed by atoms with E-state index < -0.39 is 38.9 Å². The van der Waals surface area contributed by atoms with Crippen molar-refractivity contribution in [3.8, 4) is 0 Å². The van der Waals surface area contributed by atoms with Gasteiger partial charge in [0.05, 0.1) is 10.5 Å². The van der Waals surface area contributed by atoms with E-state index in [9.17, 15) is 26.4 Å². The van der Waals surface area contributed by atoms with Crippen LogP contribution < -0.4 is 5.32 Å². The number of sulfonamides is 1. The molecule has 138 valence electrons. The fraction of sp³-hybridized carbons (Fsp3) is 0.235. The smallest absolute Gasteiger partial charge is 0.258 e. The van der Waals surface area contributed by atoms with Crippen molar-refractivity contribution in [3.63, 3.8) is 0 Å². The maximum absolute atomic E-state index is 13.7. The summed E-state index contributed by atoms with van der Waals surface area (Å²) in [5.74, 6) is -5.78. The Morgan fingerprint density at radius 1 is 1.00 bits per heavy atom. The molecule has 1 aliphatic rings. The van der Waals surface area contributed by atoms with Crippen LogP contribution in [0.1, 0.15) is 23.2 Å². The molecule has 0 saturated carbocycles. The van der Waals surface area contributed by atoms with Crippen LogP contribution in [0.2, 0.25) is 0 Å². The normalized spacial score (nSPS) is 15.2. The molecule has 3 rings (SSSR count). The first-order valence-corrected chi connectivity index (χ1v) is 9.30. The maximum Gasteiger partial charge on any atom is 0.258 e. The molecule has 0 aliphatic carbocycles. The van der Waals surface area contributed by atoms with Crippen molar-refractivity contribution in [2.45, 2.75) is 17.7 Å². The summed E-state index contributed by atoms with van der Waals surface area (Å²) in [4.78, 5) is 12.1. The first-order valence-electron chi connectivity index (χ1n) is 7.86. The van der Waals surface area contributed by atoms with E-state index in [4.69, 9.17) is 0 Å². The molecule has 26 heavy (non-hydrogen) atoms. The number of carbonyl (C=O) groups excluding carboxylic acids is 1. The highest BCUT2D eigenvalue weighted by molar-refractivity contribution is 7.89. The molecule has 0 bridgehead atoms. The number of carbonyl (C=O) groups is 1. The summed E-state index contributed by atoms with van der Waals surface area (Å²) >= 11 is 0. The Morgan fingerprint density at radius 2 is 1.69 bits per heavy atom.